The molecule has 148 valence electrons. The number of aliphatic hydroxyl groups is 1. The minimum atomic E-state index is -1.13. The van der Waals surface area contributed by atoms with Crippen LogP contribution in [0.5, 0.6) is 5.75 Å². The first-order chi connectivity index (χ1) is 13.3. The van der Waals surface area contributed by atoms with Crippen molar-refractivity contribution in [3.05, 3.63) is 65.2 Å². The second-order valence-corrected chi connectivity index (χ2v) is 7.51. The smallest absolute Gasteiger partial charge is 0.274 e. The summed E-state index contributed by atoms with van der Waals surface area (Å²) in [7, 11) is 0. The van der Waals surface area contributed by atoms with E-state index in [1.165, 1.54) is 0 Å². The topological polar surface area (TPSA) is 99.1 Å². The Morgan fingerprint density at radius 1 is 1.21 bits per heavy atom. The predicted molar refractivity (Wildman–Crippen MR) is 102 cm³/mol. The number of ether oxygens (including phenoxy) is 1. The van der Waals surface area contributed by atoms with Crippen LogP contribution in [-0.2, 0) is 11.3 Å². The third-order valence-corrected chi connectivity index (χ3v) is 4.63. The zero-order valence-corrected chi connectivity index (χ0v) is 15.9. The van der Waals surface area contributed by atoms with E-state index in [1.807, 2.05) is 30.3 Å². The van der Waals surface area contributed by atoms with Crippen molar-refractivity contribution in [3.8, 4) is 5.75 Å². The number of nitrogens with one attached hydrogen (secondary N) is 1. The molecule has 0 unspecified atom stereocenters. The molecule has 0 aliphatic carbocycles. The number of hydrogen-bond donors (Lipinski definition) is 3. The molecular formula is C21H24N2O5. The molecule has 0 spiro atoms. The molecule has 1 aliphatic heterocycles. The Balaban J connectivity index is 1.97. The van der Waals surface area contributed by atoms with E-state index >= 15 is 0 Å². The van der Waals surface area contributed by atoms with Gasteiger partial charge in [0, 0.05) is 11.1 Å². The average molecular weight is 384 g/mol. The normalized spacial score (nSPS) is 16.6. The molecule has 3 N–H and O–H groups in total. The number of carbonyl (C=O) groups is 2. The van der Waals surface area contributed by atoms with E-state index in [0.29, 0.717) is 5.75 Å². The van der Waals surface area contributed by atoms with Crippen molar-refractivity contribution >= 4 is 11.8 Å². The number of benzene rings is 2. The van der Waals surface area contributed by atoms with E-state index < -0.39 is 11.5 Å². The van der Waals surface area contributed by atoms with Crippen LogP contribution in [0.2, 0.25) is 0 Å². The van der Waals surface area contributed by atoms with Gasteiger partial charge in [0.25, 0.3) is 5.91 Å². The van der Waals surface area contributed by atoms with Gasteiger partial charge in [-0.2, -0.15) is 0 Å². The van der Waals surface area contributed by atoms with Crippen molar-refractivity contribution in [2.24, 2.45) is 0 Å². The van der Waals surface area contributed by atoms with Crippen LogP contribution in [0.1, 0.15) is 47.8 Å². The van der Waals surface area contributed by atoms with Gasteiger partial charge in [0.15, 0.2) is 0 Å². The van der Waals surface area contributed by atoms with E-state index in [2.05, 4.69) is 0 Å². The fraction of sp³-hybridized carbons (Fsp3) is 0.333. The van der Waals surface area contributed by atoms with Crippen molar-refractivity contribution in [2.45, 2.75) is 38.5 Å². The molecule has 28 heavy (non-hydrogen) atoms. The number of carbonyl (C=O) groups excluding carboxylic acids is 2. The molecule has 0 saturated heterocycles. The molecule has 3 rings (SSSR count). The van der Waals surface area contributed by atoms with Crippen molar-refractivity contribution in [2.75, 3.05) is 6.61 Å². The molecule has 2 amide bonds. The maximum absolute atomic E-state index is 13.0. The molecule has 0 bridgehead atoms. The van der Waals surface area contributed by atoms with Crippen LogP contribution in [0.4, 0.5) is 0 Å². The number of hydrogen-bond acceptors (Lipinski definition) is 5. The first-order valence-electron chi connectivity index (χ1n) is 9.05. The van der Waals surface area contributed by atoms with Crippen molar-refractivity contribution in [1.82, 2.24) is 10.4 Å². The summed E-state index contributed by atoms with van der Waals surface area (Å²) < 4.78 is 5.94. The Kier molecular flexibility index (Phi) is 5.67. The molecule has 0 fully saturated rings. The van der Waals surface area contributed by atoms with Crippen LogP contribution in [-0.4, -0.2) is 39.2 Å². The minimum Gasteiger partial charge on any atom is -0.491 e. The minimum absolute atomic E-state index is 0.0172. The van der Waals surface area contributed by atoms with Crippen molar-refractivity contribution < 1.29 is 24.6 Å². The number of amides is 2. The summed E-state index contributed by atoms with van der Waals surface area (Å²) in [5.74, 6) is -0.333. The summed E-state index contributed by atoms with van der Waals surface area (Å²) in [6.07, 6.45) is -0.0172. The van der Waals surface area contributed by atoms with Crippen molar-refractivity contribution in [1.29, 1.82) is 0 Å². The lowest BCUT2D eigenvalue weighted by Crippen LogP contribution is -2.39. The van der Waals surface area contributed by atoms with Crippen LogP contribution >= 0.6 is 0 Å². The summed E-state index contributed by atoms with van der Waals surface area (Å²) in [5, 5.41) is 19.0. The van der Waals surface area contributed by atoms with Gasteiger partial charge >= 0.3 is 0 Å². The summed E-state index contributed by atoms with van der Waals surface area (Å²) in [6.45, 7) is 3.69. The van der Waals surface area contributed by atoms with Gasteiger partial charge in [-0.1, -0.05) is 36.4 Å². The fourth-order valence-electron chi connectivity index (χ4n) is 3.26. The van der Waals surface area contributed by atoms with E-state index in [0.717, 1.165) is 11.1 Å². The van der Waals surface area contributed by atoms with E-state index in [4.69, 9.17) is 9.94 Å². The molecule has 0 radical (unpaired) electrons. The molecule has 7 heteroatoms. The Morgan fingerprint density at radius 3 is 2.57 bits per heavy atom. The summed E-state index contributed by atoms with van der Waals surface area (Å²) in [5.41, 5.74) is 2.41. The third-order valence-electron chi connectivity index (χ3n) is 4.63. The van der Waals surface area contributed by atoms with Gasteiger partial charge in [-0.3, -0.25) is 14.8 Å². The Hall–Kier alpha value is -2.90. The molecule has 7 nitrogen and oxygen atoms in total. The largest absolute Gasteiger partial charge is 0.491 e. The van der Waals surface area contributed by atoms with Crippen molar-refractivity contribution in [3.63, 3.8) is 0 Å². The first kappa shape index (κ1) is 19.9. The zero-order chi connectivity index (χ0) is 20.3. The summed E-state index contributed by atoms with van der Waals surface area (Å²) in [4.78, 5) is 26.4. The van der Waals surface area contributed by atoms with E-state index in [9.17, 15) is 14.7 Å². The maximum atomic E-state index is 13.0. The SMILES string of the molecule is CC(C)(O)CC(=O)N1Cc2ccc(C(=O)NO)cc2OC[C@@H]1c1ccccc1. The second-order valence-electron chi connectivity index (χ2n) is 7.51. The van der Waals surface area contributed by atoms with Crippen LogP contribution in [0.25, 0.3) is 0 Å². The quantitative estimate of drug-likeness (QED) is 0.555. The highest BCUT2D eigenvalue weighted by molar-refractivity contribution is 5.93. The molecule has 0 aromatic heterocycles. The average Bonchev–Trinajstić information content (AvgIpc) is 2.86. The number of hydroxylamine groups is 1. The van der Waals surface area contributed by atoms with Crippen LogP contribution in [0.3, 0.4) is 0 Å². The standard InChI is InChI=1S/C21H24N2O5/c1-21(2,26)11-19(24)23-12-16-9-8-15(20(25)22-27)10-18(16)28-13-17(23)14-6-4-3-5-7-14/h3-10,17,26-27H,11-13H2,1-2H3,(H,22,25)/t17-/m1/s1. The Labute approximate surface area is 163 Å². The molecule has 0 saturated carbocycles. The monoisotopic (exact) mass is 384 g/mol. The lowest BCUT2D eigenvalue weighted by molar-refractivity contribution is -0.139. The van der Waals surface area contributed by atoms with Gasteiger partial charge in [0.2, 0.25) is 5.91 Å². The lowest BCUT2D eigenvalue weighted by atomic mass is 10.0. The molecule has 2 aromatic carbocycles. The van der Waals surface area contributed by atoms with Crippen LogP contribution < -0.4 is 10.2 Å². The Bertz CT molecular complexity index is 861. The lowest BCUT2D eigenvalue weighted by Gasteiger charge is -2.31. The number of nitrogens with zero attached hydrogens (tertiary/aromatic N) is 1. The fourth-order valence-corrected chi connectivity index (χ4v) is 3.26. The zero-order valence-electron chi connectivity index (χ0n) is 15.9. The van der Waals surface area contributed by atoms with E-state index in [-0.39, 0.29) is 37.1 Å². The summed E-state index contributed by atoms with van der Waals surface area (Å²) >= 11 is 0. The van der Waals surface area contributed by atoms with Gasteiger partial charge in [0.1, 0.15) is 12.4 Å². The molecule has 2 aromatic rings. The first-order valence-corrected chi connectivity index (χ1v) is 9.05. The third kappa shape index (κ3) is 4.49. The highest BCUT2D eigenvalue weighted by Gasteiger charge is 2.32. The summed E-state index contributed by atoms with van der Waals surface area (Å²) in [6, 6.07) is 14.0. The van der Waals surface area contributed by atoms with Gasteiger partial charge in [0.05, 0.1) is 24.6 Å². The van der Waals surface area contributed by atoms with Gasteiger partial charge < -0.3 is 14.7 Å². The Morgan fingerprint density at radius 2 is 1.93 bits per heavy atom. The number of fused-ring (bicyclic) bond motifs is 1. The van der Waals surface area contributed by atoms with Gasteiger partial charge in [-0.25, -0.2) is 5.48 Å². The molecule has 1 heterocycles. The van der Waals surface area contributed by atoms with E-state index in [1.54, 1.807) is 42.4 Å². The highest BCUT2D eigenvalue weighted by atomic mass is 16.5. The highest BCUT2D eigenvalue weighted by Crippen LogP contribution is 2.33. The van der Waals surface area contributed by atoms with Crippen LogP contribution in [0, 0.1) is 0 Å². The maximum Gasteiger partial charge on any atom is 0.274 e. The molecule has 1 atom stereocenters. The van der Waals surface area contributed by atoms with Crippen LogP contribution in [0.15, 0.2) is 48.5 Å². The predicted octanol–water partition coefficient (Wildman–Crippen LogP) is 2.43. The second kappa shape index (κ2) is 8.00. The molecular weight excluding hydrogens is 360 g/mol. The molecule has 1 aliphatic rings. The van der Waals surface area contributed by atoms with Gasteiger partial charge in [-0.05, 0) is 31.5 Å². The van der Waals surface area contributed by atoms with Gasteiger partial charge in [-0.15, -0.1) is 0 Å². The number of rotatable bonds is 4.